The van der Waals surface area contributed by atoms with Gasteiger partial charge in [-0.2, -0.15) is 0 Å². The number of hydrogen-bond acceptors (Lipinski definition) is 5. The van der Waals surface area contributed by atoms with Gasteiger partial charge in [-0.15, -0.1) is 0 Å². The lowest BCUT2D eigenvalue weighted by Crippen LogP contribution is -2.31. The van der Waals surface area contributed by atoms with E-state index in [2.05, 4.69) is 0 Å². The summed E-state index contributed by atoms with van der Waals surface area (Å²) < 4.78 is 24.6. The Hall–Kier alpha value is -3.84. The van der Waals surface area contributed by atoms with Crippen molar-refractivity contribution in [2.75, 3.05) is 19.8 Å². The van der Waals surface area contributed by atoms with E-state index in [1.165, 1.54) is 17.0 Å². The number of ether oxygens (including phenoxy) is 2. The molecular formula is C29H27ClFNO5. The lowest BCUT2D eigenvalue weighted by molar-refractivity contribution is -0.139. The van der Waals surface area contributed by atoms with Crippen LogP contribution in [0.1, 0.15) is 36.6 Å². The summed E-state index contributed by atoms with van der Waals surface area (Å²) in [7, 11) is 0. The Labute approximate surface area is 219 Å². The van der Waals surface area contributed by atoms with E-state index in [0.29, 0.717) is 41.7 Å². The molecule has 3 aromatic carbocycles. The average Bonchev–Trinajstić information content (AvgIpc) is 3.14. The molecule has 1 aliphatic rings. The molecule has 0 bridgehead atoms. The van der Waals surface area contributed by atoms with Gasteiger partial charge in [0.1, 0.15) is 23.1 Å². The molecule has 37 heavy (non-hydrogen) atoms. The van der Waals surface area contributed by atoms with Gasteiger partial charge in [-0.05, 0) is 67.8 Å². The summed E-state index contributed by atoms with van der Waals surface area (Å²) in [6.07, 6.45) is 0.394. The first-order chi connectivity index (χ1) is 17.8. The summed E-state index contributed by atoms with van der Waals surface area (Å²) in [5.41, 5.74) is 1.66. The van der Waals surface area contributed by atoms with Crippen molar-refractivity contribution >= 4 is 29.1 Å². The molecule has 0 aromatic heterocycles. The molecule has 1 N–H and O–H groups in total. The summed E-state index contributed by atoms with van der Waals surface area (Å²) in [5, 5.41) is 11.9. The van der Waals surface area contributed by atoms with Crippen molar-refractivity contribution in [2.24, 2.45) is 0 Å². The predicted molar refractivity (Wildman–Crippen MR) is 139 cm³/mol. The van der Waals surface area contributed by atoms with E-state index in [-0.39, 0.29) is 29.3 Å². The molecule has 0 spiro atoms. The van der Waals surface area contributed by atoms with E-state index in [1.54, 1.807) is 61.5 Å². The predicted octanol–water partition coefficient (Wildman–Crippen LogP) is 5.94. The number of carbonyl (C=O) groups excluding carboxylic acids is 2. The lowest BCUT2D eigenvalue weighted by Gasteiger charge is -2.25. The summed E-state index contributed by atoms with van der Waals surface area (Å²) in [4.78, 5) is 28.0. The van der Waals surface area contributed by atoms with E-state index >= 15 is 0 Å². The monoisotopic (exact) mass is 523 g/mol. The smallest absolute Gasteiger partial charge is 0.295 e. The highest BCUT2D eigenvalue weighted by Gasteiger charge is 2.46. The van der Waals surface area contributed by atoms with Crippen LogP contribution in [0.25, 0.3) is 5.76 Å². The quantitative estimate of drug-likeness (QED) is 0.213. The number of hydrogen-bond donors (Lipinski definition) is 1. The van der Waals surface area contributed by atoms with Crippen molar-refractivity contribution < 1.29 is 28.6 Å². The fourth-order valence-corrected chi connectivity index (χ4v) is 4.50. The molecule has 1 fully saturated rings. The number of carbonyl (C=O) groups is 2. The third kappa shape index (κ3) is 5.62. The van der Waals surface area contributed by atoms with Gasteiger partial charge in [-0.1, -0.05) is 35.9 Å². The second-order valence-electron chi connectivity index (χ2n) is 8.44. The largest absolute Gasteiger partial charge is 0.507 e. The molecule has 0 saturated carbocycles. The van der Waals surface area contributed by atoms with Gasteiger partial charge in [0.2, 0.25) is 0 Å². The second kappa shape index (κ2) is 11.5. The van der Waals surface area contributed by atoms with Crippen LogP contribution < -0.4 is 9.47 Å². The maximum atomic E-state index is 13.3. The summed E-state index contributed by atoms with van der Waals surface area (Å²) >= 11 is 6.09. The number of amides is 1. The molecular weight excluding hydrogens is 497 g/mol. The number of aliphatic hydroxyl groups is 1. The van der Waals surface area contributed by atoms with E-state index < -0.39 is 17.7 Å². The van der Waals surface area contributed by atoms with Gasteiger partial charge in [0.15, 0.2) is 0 Å². The fourth-order valence-electron chi connectivity index (χ4n) is 4.38. The molecule has 1 aliphatic heterocycles. The van der Waals surface area contributed by atoms with Gasteiger partial charge in [-0.25, -0.2) is 4.39 Å². The number of benzene rings is 3. The van der Waals surface area contributed by atoms with E-state index in [1.807, 2.05) is 6.92 Å². The highest BCUT2D eigenvalue weighted by atomic mass is 35.5. The number of Topliss-reactive ketones (excluding diaryl/α,β-unsaturated/α-hetero) is 1. The summed E-state index contributed by atoms with van der Waals surface area (Å²) in [6, 6.07) is 16.8. The zero-order chi connectivity index (χ0) is 26.5. The number of nitrogens with zero attached hydrogens (tertiary/aromatic N) is 1. The fraction of sp³-hybridized carbons (Fsp3) is 0.241. The van der Waals surface area contributed by atoms with Crippen molar-refractivity contribution in [3.63, 3.8) is 0 Å². The Morgan fingerprint density at radius 1 is 0.973 bits per heavy atom. The molecule has 8 heteroatoms. The zero-order valence-corrected chi connectivity index (χ0v) is 21.3. The van der Waals surface area contributed by atoms with E-state index in [4.69, 9.17) is 21.1 Å². The van der Waals surface area contributed by atoms with Crippen LogP contribution in [0.15, 0.2) is 72.3 Å². The molecule has 6 nitrogen and oxygen atoms in total. The van der Waals surface area contributed by atoms with Crippen LogP contribution in [0.4, 0.5) is 4.39 Å². The molecule has 0 aliphatic carbocycles. The molecule has 1 atom stereocenters. The SMILES string of the molecule is CCOc1ccc(/C(O)=C2/C(=O)C(=O)N(CCc3ccc(F)cc3)C2c2ccc(Cl)cc2)c(OCC)c1. The molecule has 1 unspecified atom stereocenters. The first-order valence-electron chi connectivity index (χ1n) is 12.0. The van der Waals surface area contributed by atoms with Crippen molar-refractivity contribution in [1.29, 1.82) is 0 Å². The van der Waals surface area contributed by atoms with Crippen molar-refractivity contribution in [3.8, 4) is 11.5 Å². The minimum Gasteiger partial charge on any atom is -0.507 e. The van der Waals surface area contributed by atoms with Crippen LogP contribution in [0.5, 0.6) is 11.5 Å². The molecule has 4 rings (SSSR count). The Morgan fingerprint density at radius 2 is 1.65 bits per heavy atom. The molecule has 1 amide bonds. The Bertz CT molecular complexity index is 1320. The maximum absolute atomic E-state index is 13.3. The van der Waals surface area contributed by atoms with Gasteiger partial charge in [0, 0.05) is 17.6 Å². The minimum absolute atomic E-state index is 0.0449. The number of ketones is 1. The number of rotatable bonds is 9. The molecule has 1 saturated heterocycles. The van der Waals surface area contributed by atoms with Crippen molar-refractivity contribution in [2.45, 2.75) is 26.3 Å². The molecule has 3 aromatic rings. The average molecular weight is 524 g/mol. The molecule has 0 radical (unpaired) electrons. The van der Waals surface area contributed by atoms with Crippen LogP contribution in [0.3, 0.4) is 0 Å². The molecule has 192 valence electrons. The number of halogens is 2. The number of likely N-dealkylation sites (tertiary alicyclic amines) is 1. The van der Waals surface area contributed by atoms with Gasteiger partial charge < -0.3 is 19.5 Å². The van der Waals surface area contributed by atoms with Crippen LogP contribution in [0, 0.1) is 5.82 Å². The lowest BCUT2D eigenvalue weighted by atomic mass is 9.95. The van der Waals surface area contributed by atoms with Gasteiger partial charge in [0.25, 0.3) is 11.7 Å². The standard InChI is InChI=1S/C29H27ClFNO5/c1-3-36-22-13-14-23(24(17-22)37-4-2)27(33)25-26(19-7-9-20(30)10-8-19)32(29(35)28(25)34)16-15-18-5-11-21(31)12-6-18/h5-14,17,26,33H,3-4,15-16H2,1-2H3/b27-25-. The molecule has 1 heterocycles. The Morgan fingerprint density at radius 3 is 2.30 bits per heavy atom. The highest BCUT2D eigenvalue weighted by molar-refractivity contribution is 6.46. The summed E-state index contributed by atoms with van der Waals surface area (Å²) in [6.45, 7) is 4.62. The van der Waals surface area contributed by atoms with Crippen LogP contribution in [0.2, 0.25) is 5.02 Å². The van der Waals surface area contributed by atoms with Gasteiger partial charge in [-0.3, -0.25) is 9.59 Å². The van der Waals surface area contributed by atoms with E-state index in [0.717, 1.165) is 5.56 Å². The van der Waals surface area contributed by atoms with Gasteiger partial charge >= 0.3 is 0 Å². The Balaban J connectivity index is 1.80. The van der Waals surface area contributed by atoms with Crippen molar-refractivity contribution in [1.82, 2.24) is 4.90 Å². The van der Waals surface area contributed by atoms with Crippen LogP contribution in [-0.4, -0.2) is 41.5 Å². The van der Waals surface area contributed by atoms with Crippen molar-refractivity contribution in [3.05, 3.63) is 99.8 Å². The van der Waals surface area contributed by atoms with E-state index in [9.17, 15) is 19.1 Å². The topological polar surface area (TPSA) is 76.1 Å². The highest BCUT2D eigenvalue weighted by Crippen LogP contribution is 2.42. The number of aliphatic hydroxyl groups excluding tert-OH is 1. The third-order valence-electron chi connectivity index (χ3n) is 6.10. The van der Waals surface area contributed by atoms with Crippen LogP contribution in [-0.2, 0) is 16.0 Å². The zero-order valence-electron chi connectivity index (χ0n) is 20.5. The summed E-state index contributed by atoms with van der Waals surface area (Å²) in [5.74, 6) is -1.34. The minimum atomic E-state index is -0.848. The second-order valence-corrected chi connectivity index (χ2v) is 8.88. The van der Waals surface area contributed by atoms with Crippen LogP contribution >= 0.6 is 11.6 Å². The first-order valence-corrected chi connectivity index (χ1v) is 12.4. The first kappa shape index (κ1) is 26.2. The normalized spacial score (nSPS) is 16.8. The maximum Gasteiger partial charge on any atom is 0.295 e. The third-order valence-corrected chi connectivity index (χ3v) is 6.35. The Kier molecular flexibility index (Phi) is 8.14. The van der Waals surface area contributed by atoms with Gasteiger partial charge in [0.05, 0.1) is 30.4 Å².